The van der Waals surface area contributed by atoms with E-state index in [1.165, 1.54) is 11.3 Å². The molecule has 1 amide bonds. The first-order chi connectivity index (χ1) is 14.2. The number of nitrogens with one attached hydrogen (secondary N) is 1. The van der Waals surface area contributed by atoms with Gasteiger partial charge in [0.15, 0.2) is 10.9 Å². The summed E-state index contributed by atoms with van der Waals surface area (Å²) >= 11 is 1.30. The maximum atomic E-state index is 12.5. The molecule has 0 aliphatic carbocycles. The van der Waals surface area contributed by atoms with E-state index in [1.807, 2.05) is 30.3 Å². The van der Waals surface area contributed by atoms with Crippen LogP contribution in [0.4, 0.5) is 5.13 Å². The lowest BCUT2D eigenvalue weighted by molar-refractivity contribution is 0.0992. The number of furan rings is 1. The molecular weight excluding hydrogens is 392 g/mol. The van der Waals surface area contributed by atoms with E-state index in [-0.39, 0.29) is 12.4 Å². The van der Waals surface area contributed by atoms with Crippen molar-refractivity contribution in [3.63, 3.8) is 0 Å². The van der Waals surface area contributed by atoms with Crippen molar-refractivity contribution in [2.24, 2.45) is 0 Å². The Balaban J connectivity index is 1.47. The monoisotopic (exact) mass is 410 g/mol. The van der Waals surface area contributed by atoms with E-state index in [9.17, 15) is 4.79 Å². The van der Waals surface area contributed by atoms with E-state index in [2.05, 4.69) is 10.3 Å². The Hall–Kier alpha value is -3.52. The fourth-order valence-corrected chi connectivity index (χ4v) is 3.72. The van der Waals surface area contributed by atoms with Gasteiger partial charge in [-0.05, 0) is 36.4 Å². The highest BCUT2D eigenvalue weighted by Crippen LogP contribution is 2.38. The molecule has 0 fully saturated rings. The normalized spacial score (nSPS) is 10.7. The topological polar surface area (TPSA) is 82.8 Å². The average Bonchev–Trinajstić information content (AvgIpc) is 3.39. The van der Waals surface area contributed by atoms with Crippen LogP contribution in [0.3, 0.4) is 0 Å². The molecule has 2 aromatic carbocycles. The minimum Gasteiger partial charge on any atom is -0.495 e. The van der Waals surface area contributed by atoms with E-state index < -0.39 is 5.91 Å². The summed E-state index contributed by atoms with van der Waals surface area (Å²) in [5.74, 6) is 2.33. The number of hydrogen-bond acceptors (Lipinski definition) is 7. The maximum Gasteiger partial charge on any atom is 0.293 e. The largest absolute Gasteiger partial charge is 0.495 e. The summed E-state index contributed by atoms with van der Waals surface area (Å²) in [6.07, 6.45) is 0. The van der Waals surface area contributed by atoms with Crippen molar-refractivity contribution >= 4 is 32.6 Å². The molecule has 1 N–H and O–H groups in total. The second-order valence-electron chi connectivity index (χ2n) is 5.99. The summed E-state index contributed by atoms with van der Waals surface area (Å²) in [5.41, 5.74) is 0.628. The predicted octanol–water partition coefficient (Wildman–Crippen LogP) is 4.74. The smallest absolute Gasteiger partial charge is 0.293 e. The second-order valence-corrected chi connectivity index (χ2v) is 6.99. The van der Waals surface area contributed by atoms with Gasteiger partial charge in [0.25, 0.3) is 5.91 Å². The standard InChI is InChI=1S/C21H18N2O5S/c1-25-15-10-11-16(26-2)19-18(15)22-21(29-19)23-20(24)17-9-8-14(28-17)12-27-13-6-4-3-5-7-13/h3-11H,12H2,1-2H3,(H,22,23,24). The number of rotatable bonds is 7. The first-order valence-electron chi connectivity index (χ1n) is 8.77. The zero-order chi connectivity index (χ0) is 20.2. The van der Waals surface area contributed by atoms with Crippen LogP contribution in [0.5, 0.6) is 17.2 Å². The van der Waals surface area contributed by atoms with Crippen molar-refractivity contribution in [1.82, 2.24) is 4.98 Å². The van der Waals surface area contributed by atoms with Gasteiger partial charge in [0.05, 0.1) is 14.2 Å². The third-order valence-corrected chi connectivity index (χ3v) is 5.13. The molecule has 0 bridgehead atoms. The van der Waals surface area contributed by atoms with Gasteiger partial charge in [-0.3, -0.25) is 10.1 Å². The Labute approximate surface area is 170 Å². The van der Waals surface area contributed by atoms with E-state index in [4.69, 9.17) is 18.6 Å². The summed E-state index contributed by atoms with van der Waals surface area (Å²) in [5, 5.41) is 3.18. The lowest BCUT2D eigenvalue weighted by Crippen LogP contribution is -2.10. The van der Waals surface area contributed by atoms with E-state index >= 15 is 0 Å². The van der Waals surface area contributed by atoms with Crippen LogP contribution in [-0.4, -0.2) is 25.1 Å². The van der Waals surface area contributed by atoms with Crippen molar-refractivity contribution < 1.29 is 23.4 Å². The van der Waals surface area contributed by atoms with Gasteiger partial charge in [0.2, 0.25) is 0 Å². The number of amides is 1. The number of carbonyl (C=O) groups excluding carboxylic acids is 1. The second kappa shape index (κ2) is 8.24. The number of thiazole rings is 1. The number of nitrogens with zero attached hydrogens (tertiary/aromatic N) is 1. The third kappa shape index (κ3) is 4.02. The van der Waals surface area contributed by atoms with E-state index in [1.54, 1.807) is 38.5 Å². The first kappa shape index (κ1) is 18.8. The molecule has 0 aliphatic heterocycles. The lowest BCUT2D eigenvalue weighted by atomic mass is 10.3. The Bertz CT molecular complexity index is 1100. The van der Waals surface area contributed by atoms with Crippen LogP contribution in [0, 0.1) is 0 Å². The molecule has 0 atom stereocenters. The maximum absolute atomic E-state index is 12.5. The van der Waals surface area contributed by atoms with Gasteiger partial charge in [-0.1, -0.05) is 29.5 Å². The molecule has 2 aromatic heterocycles. The zero-order valence-electron chi connectivity index (χ0n) is 15.8. The number of para-hydroxylation sites is 1. The molecule has 4 rings (SSSR count). The zero-order valence-corrected chi connectivity index (χ0v) is 16.6. The molecule has 0 spiro atoms. The highest BCUT2D eigenvalue weighted by molar-refractivity contribution is 7.22. The van der Waals surface area contributed by atoms with Gasteiger partial charge < -0.3 is 18.6 Å². The van der Waals surface area contributed by atoms with Crippen LogP contribution < -0.4 is 19.5 Å². The highest BCUT2D eigenvalue weighted by atomic mass is 32.1. The Morgan fingerprint density at radius 2 is 1.79 bits per heavy atom. The van der Waals surface area contributed by atoms with Crippen molar-refractivity contribution in [3.8, 4) is 17.2 Å². The van der Waals surface area contributed by atoms with Crippen LogP contribution in [0.1, 0.15) is 16.3 Å². The highest BCUT2D eigenvalue weighted by Gasteiger charge is 2.17. The van der Waals surface area contributed by atoms with Crippen molar-refractivity contribution in [1.29, 1.82) is 0 Å². The third-order valence-electron chi connectivity index (χ3n) is 4.14. The summed E-state index contributed by atoms with van der Waals surface area (Å²) in [4.78, 5) is 17.0. The number of carbonyl (C=O) groups is 1. The molecule has 0 radical (unpaired) electrons. The van der Waals surface area contributed by atoms with E-state index in [0.717, 1.165) is 10.4 Å². The van der Waals surface area contributed by atoms with E-state index in [0.29, 0.717) is 27.9 Å². The summed E-state index contributed by atoms with van der Waals surface area (Å²) in [7, 11) is 3.15. The van der Waals surface area contributed by atoms with Gasteiger partial charge >= 0.3 is 0 Å². The molecule has 0 unspecified atom stereocenters. The van der Waals surface area contributed by atoms with Gasteiger partial charge in [0.1, 0.15) is 39.8 Å². The Morgan fingerprint density at radius 1 is 1.03 bits per heavy atom. The van der Waals surface area contributed by atoms with Crippen LogP contribution in [-0.2, 0) is 6.61 Å². The van der Waals surface area contributed by atoms with Crippen LogP contribution in [0.25, 0.3) is 10.2 Å². The number of ether oxygens (including phenoxy) is 3. The fourth-order valence-electron chi connectivity index (χ4n) is 2.75. The molecule has 0 saturated heterocycles. The molecular formula is C21H18N2O5S. The molecule has 29 heavy (non-hydrogen) atoms. The van der Waals surface area contributed by atoms with Gasteiger partial charge in [-0.15, -0.1) is 0 Å². The summed E-state index contributed by atoms with van der Waals surface area (Å²) < 4.78 is 22.7. The number of anilines is 1. The molecule has 7 nitrogen and oxygen atoms in total. The molecule has 0 aliphatic rings. The van der Waals surface area contributed by atoms with Crippen LogP contribution in [0.15, 0.2) is 59.0 Å². The molecule has 4 aromatic rings. The Kier molecular flexibility index (Phi) is 5.35. The molecule has 8 heteroatoms. The van der Waals surface area contributed by atoms with Crippen molar-refractivity contribution in [3.05, 3.63) is 66.1 Å². The quantitative estimate of drug-likeness (QED) is 0.474. The Morgan fingerprint density at radius 3 is 2.55 bits per heavy atom. The lowest BCUT2D eigenvalue weighted by Gasteiger charge is -2.03. The van der Waals surface area contributed by atoms with Crippen molar-refractivity contribution in [2.75, 3.05) is 19.5 Å². The fraction of sp³-hybridized carbons (Fsp3) is 0.143. The van der Waals surface area contributed by atoms with Crippen LogP contribution >= 0.6 is 11.3 Å². The van der Waals surface area contributed by atoms with Gasteiger partial charge in [-0.25, -0.2) is 4.98 Å². The van der Waals surface area contributed by atoms with Gasteiger partial charge in [0, 0.05) is 0 Å². The molecule has 0 saturated carbocycles. The van der Waals surface area contributed by atoms with Gasteiger partial charge in [-0.2, -0.15) is 0 Å². The molecule has 148 valence electrons. The number of fused-ring (bicyclic) bond motifs is 1. The first-order valence-corrected chi connectivity index (χ1v) is 9.59. The van der Waals surface area contributed by atoms with Crippen LogP contribution in [0.2, 0.25) is 0 Å². The minimum atomic E-state index is -0.395. The number of methoxy groups -OCH3 is 2. The summed E-state index contributed by atoms with van der Waals surface area (Å²) in [6, 6.07) is 16.3. The minimum absolute atomic E-state index is 0.176. The number of aromatic nitrogens is 1. The number of hydrogen-bond donors (Lipinski definition) is 1. The average molecular weight is 410 g/mol. The SMILES string of the molecule is COc1ccc(OC)c2sc(NC(=O)c3ccc(COc4ccccc4)o3)nc12. The summed E-state index contributed by atoms with van der Waals surface area (Å²) in [6.45, 7) is 0.229. The predicted molar refractivity (Wildman–Crippen MR) is 110 cm³/mol. The number of benzene rings is 2. The van der Waals surface area contributed by atoms with Crippen molar-refractivity contribution in [2.45, 2.75) is 6.61 Å². The molecule has 2 heterocycles.